The van der Waals surface area contributed by atoms with Gasteiger partial charge in [-0.2, -0.15) is 4.72 Å². The molecule has 0 bridgehead atoms. The van der Waals surface area contributed by atoms with Crippen molar-refractivity contribution in [3.8, 4) is 11.5 Å². The number of nitrogens with one attached hydrogen (secondary N) is 2. The molecule has 0 aliphatic carbocycles. The van der Waals surface area contributed by atoms with Crippen LogP contribution in [0.4, 0.5) is 5.69 Å². The van der Waals surface area contributed by atoms with Gasteiger partial charge in [0.05, 0.1) is 20.0 Å². The summed E-state index contributed by atoms with van der Waals surface area (Å²) in [6, 6.07) is 13.7. The number of ether oxygens (including phenoxy) is 2. The van der Waals surface area contributed by atoms with Crippen molar-refractivity contribution in [2.45, 2.75) is 25.1 Å². The lowest BCUT2D eigenvalue weighted by molar-refractivity contribution is -0.120. The van der Waals surface area contributed by atoms with Crippen LogP contribution < -0.4 is 19.5 Å². The number of amides is 1. The zero-order valence-corrected chi connectivity index (χ0v) is 16.6. The van der Waals surface area contributed by atoms with Gasteiger partial charge in [-0.05, 0) is 31.5 Å². The maximum absolute atomic E-state index is 12.6. The molecule has 0 aliphatic heterocycles. The van der Waals surface area contributed by atoms with Crippen molar-refractivity contribution in [3.05, 3.63) is 54.1 Å². The summed E-state index contributed by atoms with van der Waals surface area (Å²) in [5.41, 5.74) is -0.241. The highest BCUT2D eigenvalue weighted by atomic mass is 32.2. The van der Waals surface area contributed by atoms with Crippen LogP contribution in [0.2, 0.25) is 0 Å². The van der Waals surface area contributed by atoms with Crippen molar-refractivity contribution in [1.82, 2.24) is 4.72 Å². The van der Waals surface area contributed by atoms with Crippen molar-refractivity contribution in [2.24, 2.45) is 0 Å². The first-order valence-electron chi connectivity index (χ1n) is 8.26. The highest BCUT2D eigenvalue weighted by Gasteiger charge is 2.32. The topological polar surface area (TPSA) is 93.7 Å². The zero-order valence-electron chi connectivity index (χ0n) is 15.8. The third-order valence-corrected chi connectivity index (χ3v) is 5.35. The van der Waals surface area contributed by atoms with Crippen LogP contribution in [0.5, 0.6) is 11.5 Å². The van der Waals surface area contributed by atoms with Gasteiger partial charge in [-0.1, -0.05) is 30.3 Å². The second-order valence-corrected chi connectivity index (χ2v) is 8.22. The minimum absolute atomic E-state index is 0.207. The first kappa shape index (κ1) is 20.7. The molecule has 2 aromatic rings. The minimum Gasteiger partial charge on any atom is -0.493 e. The molecule has 0 aliphatic rings. The second-order valence-electron chi connectivity index (χ2n) is 6.50. The molecule has 27 heavy (non-hydrogen) atoms. The predicted molar refractivity (Wildman–Crippen MR) is 104 cm³/mol. The second kappa shape index (κ2) is 8.41. The van der Waals surface area contributed by atoms with E-state index in [1.165, 1.54) is 28.1 Å². The molecule has 7 nitrogen and oxygen atoms in total. The number of hydrogen-bond donors (Lipinski definition) is 2. The number of methoxy groups -OCH3 is 2. The average molecular weight is 392 g/mol. The van der Waals surface area contributed by atoms with Crippen LogP contribution in [0.3, 0.4) is 0 Å². The van der Waals surface area contributed by atoms with Crippen LogP contribution in [-0.4, -0.2) is 34.1 Å². The lowest BCUT2D eigenvalue weighted by atomic mass is 10.1. The molecule has 146 valence electrons. The summed E-state index contributed by atoms with van der Waals surface area (Å²) < 4.78 is 37.7. The SMILES string of the molecule is COc1ccc(NC(=O)C(C)(C)NS(=O)(=O)Cc2ccccc2)cc1OC. The molecule has 0 saturated heterocycles. The Balaban J connectivity index is 2.10. The molecule has 0 fully saturated rings. The van der Waals surface area contributed by atoms with Gasteiger partial charge < -0.3 is 14.8 Å². The fraction of sp³-hybridized carbons (Fsp3) is 0.316. The van der Waals surface area contributed by atoms with Crippen LogP contribution >= 0.6 is 0 Å². The lowest BCUT2D eigenvalue weighted by Crippen LogP contribution is -2.52. The zero-order chi connectivity index (χ0) is 20.1. The summed E-state index contributed by atoms with van der Waals surface area (Å²) in [6.45, 7) is 3.01. The van der Waals surface area contributed by atoms with Crippen LogP contribution in [0.15, 0.2) is 48.5 Å². The number of rotatable bonds is 8. The summed E-state index contributed by atoms with van der Waals surface area (Å²) in [4.78, 5) is 12.6. The Morgan fingerprint density at radius 3 is 2.22 bits per heavy atom. The molecular formula is C19H24N2O5S. The summed E-state index contributed by atoms with van der Waals surface area (Å²) in [5.74, 6) is 0.281. The van der Waals surface area contributed by atoms with Gasteiger partial charge in [0.1, 0.15) is 5.54 Å². The molecule has 0 heterocycles. The first-order valence-corrected chi connectivity index (χ1v) is 9.91. The van der Waals surface area contributed by atoms with Crippen molar-refractivity contribution in [1.29, 1.82) is 0 Å². The van der Waals surface area contributed by atoms with Gasteiger partial charge >= 0.3 is 0 Å². The molecular weight excluding hydrogens is 368 g/mol. The molecule has 0 spiro atoms. The first-order chi connectivity index (χ1) is 12.7. The molecule has 8 heteroatoms. The van der Waals surface area contributed by atoms with Crippen molar-refractivity contribution >= 4 is 21.6 Å². The van der Waals surface area contributed by atoms with Crippen molar-refractivity contribution < 1.29 is 22.7 Å². The summed E-state index contributed by atoms with van der Waals surface area (Å²) >= 11 is 0. The van der Waals surface area contributed by atoms with Crippen LogP contribution in [0, 0.1) is 0 Å². The van der Waals surface area contributed by atoms with E-state index in [4.69, 9.17) is 9.47 Å². The van der Waals surface area contributed by atoms with E-state index in [2.05, 4.69) is 10.0 Å². The number of carbonyl (C=O) groups is 1. The number of hydrogen-bond acceptors (Lipinski definition) is 5. The van der Waals surface area contributed by atoms with Gasteiger partial charge in [-0.25, -0.2) is 8.42 Å². The molecule has 1 amide bonds. The van der Waals surface area contributed by atoms with Crippen LogP contribution in [0.1, 0.15) is 19.4 Å². The number of carbonyl (C=O) groups excluding carboxylic acids is 1. The highest BCUT2D eigenvalue weighted by Crippen LogP contribution is 2.30. The fourth-order valence-corrected chi connectivity index (χ4v) is 4.04. The molecule has 0 saturated carbocycles. The molecule has 0 unspecified atom stereocenters. The van der Waals surface area contributed by atoms with Crippen LogP contribution in [0.25, 0.3) is 0 Å². The van der Waals surface area contributed by atoms with E-state index in [1.54, 1.807) is 42.5 Å². The molecule has 0 radical (unpaired) electrons. The summed E-state index contributed by atoms with van der Waals surface area (Å²) in [6.07, 6.45) is 0. The fourth-order valence-electron chi connectivity index (χ4n) is 2.47. The third-order valence-electron chi connectivity index (χ3n) is 3.82. The standard InChI is InChI=1S/C19H24N2O5S/c1-19(2,21-27(23,24)13-14-8-6-5-7-9-14)18(22)20-15-10-11-16(25-3)17(12-15)26-4/h5-12,21H,13H2,1-4H3,(H,20,22). The van der Waals surface area contributed by atoms with Gasteiger partial charge in [0.25, 0.3) is 0 Å². The van der Waals surface area contributed by atoms with Crippen molar-refractivity contribution in [2.75, 3.05) is 19.5 Å². The van der Waals surface area contributed by atoms with Gasteiger partial charge in [-0.15, -0.1) is 0 Å². The van der Waals surface area contributed by atoms with Gasteiger partial charge in [0.15, 0.2) is 11.5 Å². The Morgan fingerprint density at radius 2 is 1.63 bits per heavy atom. The van der Waals surface area contributed by atoms with Crippen molar-refractivity contribution in [3.63, 3.8) is 0 Å². The van der Waals surface area contributed by atoms with E-state index in [-0.39, 0.29) is 5.75 Å². The number of benzene rings is 2. The number of anilines is 1. The Morgan fingerprint density at radius 1 is 1.00 bits per heavy atom. The Kier molecular flexibility index (Phi) is 6.45. The number of sulfonamides is 1. The van der Waals surface area contributed by atoms with E-state index in [1.807, 2.05) is 6.07 Å². The Bertz CT molecular complexity index is 896. The van der Waals surface area contributed by atoms with E-state index >= 15 is 0 Å². The molecule has 0 atom stereocenters. The monoisotopic (exact) mass is 392 g/mol. The van der Waals surface area contributed by atoms with Crippen LogP contribution in [-0.2, 0) is 20.6 Å². The summed E-state index contributed by atoms with van der Waals surface area (Å²) in [7, 11) is -0.703. The van der Waals surface area contributed by atoms with Gasteiger partial charge in [0, 0.05) is 11.8 Å². The van der Waals surface area contributed by atoms with Gasteiger partial charge in [0.2, 0.25) is 15.9 Å². The minimum atomic E-state index is -3.71. The Hall–Kier alpha value is -2.58. The third kappa shape index (κ3) is 5.70. The van der Waals surface area contributed by atoms with E-state index < -0.39 is 21.5 Å². The highest BCUT2D eigenvalue weighted by molar-refractivity contribution is 7.88. The smallest absolute Gasteiger partial charge is 0.245 e. The van der Waals surface area contributed by atoms with Gasteiger partial charge in [-0.3, -0.25) is 4.79 Å². The van der Waals surface area contributed by atoms with E-state index in [0.717, 1.165) is 0 Å². The molecule has 0 aromatic heterocycles. The van der Waals surface area contributed by atoms with E-state index in [9.17, 15) is 13.2 Å². The summed E-state index contributed by atoms with van der Waals surface area (Å²) in [5, 5.41) is 2.69. The molecule has 2 N–H and O–H groups in total. The molecule has 2 rings (SSSR count). The normalized spacial score (nSPS) is 11.7. The van der Waals surface area contributed by atoms with E-state index in [0.29, 0.717) is 22.7 Å². The maximum Gasteiger partial charge on any atom is 0.245 e. The average Bonchev–Trinajstić information content (AvgIpc) is 2.61. The Labute approximate surface area is 159 Å². The lowest BCUT2D eigenvalue weighted by Gasteiger charge is -2.25. The largest absolute Gasteiger partial charge is 0.493 e. The quantitative estimate of drug-likeness (QED) is 0.720. The maximum atomic E-state index is 12.6. The predicted octanol–water partition coefficient (Wildman–Crippen LogP) is 2.54. The molecule has 2 aromatic carbocycles.